The molecule has 7 nitrogen and oxygen atoms in total. The maximum Gasteiger partial charge on any atom is 0.270 e. The molecule has 0 unspecified atom stereocenters. The van der Waals surface area contributed by atoms with E-state index in [9.17, 15) is 9.59 Å². The second kappa shape index (κ2) is 7.46. The summed E-state index contributed by atoms with van der Waals surface area (Å²) in [6, 6.07) is 9.79. The largest absolute Gasteiger partial charge is 0.371 e. The minimum absolute atomic E-state index is 0.00248. The topological polar surface area (TPSA) is 74.9 Å². The first-order valence-electron chi connectivity index (χ1n) is 10.5. The van der Waals surface area contributed by atoms with E-state index in [-0.39, 0.29) is 30.1 Å². The summed E-state index contributed by atoms with van der Waals surface area (Å²) in [6.45, 7) is 3.60. The zero-order valence-corrected chi connectivity index (χ0v) is 16.6. The average Bonchev–Trinajstić information content (AvgIpc) is 3.39. The molecule has 2 amide bonds. The number of para-hydroxylation sites is 1. The quantitative estimate of drug-likeness (QED) is 0.858. The summed E-state index contributed by atoms with van der Waals surface area (Å²) >= 11 is 0. The number of carbonyl (C=O) groups is 2. The lowest BCUT2D eigenvalue weighted by molar-refractivity contribution is -0.188. The number of aromatic amines is 1. The number of likely N-dealkylation sites (tertiary alicyclic amines) is 2. The maximum atomic E-state index is 12.8. The fourth-order valence-corrected chi connectivity index (χ4v) is 4.74. The van der Waals surface area contributed by atoms with Crippen molar-refractivity contribution >= 4 is 22.7 Å². The van der Waals surface area contributed by atoms with Crippen LogP contribution in [0.2, 0.25) is 0 Å². The molecule has 2 aromatic rings. The van der Waals surface area contributed by atoms with E-state index in [1.807, 2.05) is 40.1 Å². The number of amides is 2. The van der Waals surface area contributed by atoms with E-state index in [0.717, 1.165) is 49.7 Å². The number of carbonyl (C=O) groups excluding carboxylic acids is 2. The van der Waals surface area contributed by atoms with Crippen molar-refractivity contribution in [3.8, 4) is 0 Å². The monoisotopic (exact) mass is 397 g/mol. The number of nitrogens with zero attached hydrogens (tertiary/aromatic N) is 2. The molecule has 1 aromatic heterocycles. The van der Waals surface area contributed by atoms with Gasteiger partial charge in [0.2, 0.25) is 5.91 Å². The normalized spacial score (nSPS) is 23.5. The number of nitrogens with one attached hydrogen (secondary N) is 1. The van der Waals surface area contributed by atoms with Crippen LogP contribution < -0.4 is 0 Å². The Morgan fingerprint density at radius 2 is 1.97 bits per heavy atom. The van der Waals surface area contributed by atoms with Crippen LogP contribution in [0.15, 0.2) is 30.3 Å². The molecule has 1 atom stereocenters. The Labute approximate surface area is 169 Å². The van der Waals surface area contributed by atoms with E-state index in [2.05, 4.69) is 4.98 Å². The van der Waals surface area contributed by atoms with Crippen LogP contribution in [0, 0.1) is 0 Å². The maximum absolute atomic E-state index is 12.8. The lowest BCUT2D eigenvalue weighted by atomic mass is 9.84. The first-order chi connectivity index (χ1) is 14.1. The molecule has 1 spiro atoms. The molecule has 3 aliphatic heterocycles. The lowest BCUT2D eigenvalue weighted by Crippen LogP contribution is -2.67. The van der Waals surface area contributed by atoms with Gasteiger partial charge in [-0.2, -0.15) is 0 Å². The number of H-pyrrole nitrogens is 1. The minimum Gasteiger partial charge on any atom is -0.371 e. The van der Waals surface area contributed by atoms with Crippen molar-refractivity contribution in [3.05, 3.63) is 36.0 Å². The molecule has 0 saturated carbocycles. The molecule has 154 valence electrons. The Balaban J connectivity index is 1.15. The van der Waals surface area contributed by atoms with Crippen LogP contribution >= 0.6 is 0 Å². The van der Waals surface area contributed by atoms with Crippen LogP contribution in [-0.4, -0.2) is 77.7 Å². The van der Waals surface area contributed by atoms with E-state index in [0.29, 0.717) is 25.4 Å². The van der Waals surface area contributed by atoms with Gasteiger partial charge >= 0.3 is 0 Å². The highest BCUT2D eigenvalue weighted by molar-refractivity contribution is 5.98. The van der Waals surface area contributed by atoms with Crippen LogP contribution in [0.25, 0.3) is 10.9 Å². The number of ether oxygens (including phenoxy) is 2. The first-order valence-corrected chi connectivity index (χ1v) is 10.5. The minimum atomic E-state index is -0.332. The molecule has 3 fully saturated rings. The van der Waals surface area contributed by atoms with Crippen LogP contribution in [0.3, 0.4) is 0 Å². The third kappa shape index (κ3) is 3.65. The number of rotatable bonds is 4. The first kappa shape index (κ1) is 18.6. The molecule has 29 heavy (non-hydrogen) atoms. The Hall–Kier alpha value is -2.38. The van der Waals surface area contributed by atoms with Crippen molar-refractivity contribution in [1.82, 2.24) is 14.8 Å². The second-order valence-corrected chi connectivity index (χ2v) is 8.48. The van der Waals surface area contributed by atoms with Gasteiger partial charge in [-0.15, -0.1) is 0 Å². The van der Waals surface area contributed by atoms with Gasteiger partial charge in [0.1, 0.15) is 17.9 Å². The molecule has 4 heterocycles. The molecule has 7 heteroatoms. The molecule has 3 aliphatic rings. The summed E-state index contributed by atoms with van der Waals surface area (Å²) in [4.78, 5) is 32.0. The van der Waals surface area contributed by atoms with Gasteiger partial charge < -0.3 is 24.3 Å². The Kier molecular flexibility index (Phi) is 4.80. The smallest absolute Gasteiger partial charge is 0.270 e. The van der Waals surface area contributed by atoms with E-state index in [4.69, 9.17) is 9.47 Å². The summed E-state index contributed by atoms with van der Waals surface area (Å²) in [5.74, 6) is 0.0925. The average molecular weight is 397 g/mol. The van der Waals surface area contributed by atoms with E-state index < -0.39 is 0 Å². The van der Waals surface area contributed by atoms with Gasteiger partial charge in [0.05, 0.1) is 19.2 Å². The van der Waals surface area contributed by atoms with Crippen molar-refractivity contribution in [2.24, 2.45) is 0 Å². The van der Waals surface area contributed by atoms with Gasteiger partial charge in [-0.25, -0.2) is 0 Å². The molecule has 1 aromatic carbocycles. The predicted octanol–water partition coefficient (Wildman–Crippen LogP) is 2.18. The van der Waals surface area contributed by atoms with Crippen molar-refractivity contribution in [2.45, 2.75) is 37.4 Å². The zero-order chi connectivity index (χ0) is 19.8. The molecule has 1 N–H and O–H groups in total. The Morgan fingerprint density at radius 3 is 2.76 bits per heavy atom. The van der Waals surface area contributed by atoms with Gasteiger partial charge in [0, 0.05) is 37.0 Å². The van der Waals surface area contributed by atoms with Crippen LogP contribution in [-0.2, 0) is 14.3 Å². The standard InChI is InChI=1S/C22H27N3O4/c26-20(24-8-3-4-9-24)13-28-17-7-10-29-22(12-17)14-25(15-22)21(27)19-11-16-5-1-2-6-18(16)23-19/h1-2,5-6,11,17,23H,3-4,7-10,12-15H2/t17-/m0/s1. The van der Waals surface area contributed by atoms with Crippen LogP contribution in [0.5, 0.6) is 0 Å². The van der Waals surface area contributed by atoms with Crippen molar-refractivity contribution in [3.63, 3.8) is 0 Å². The molecule has 0 aliphatic carbocycles. The van der Waals surface area contributed by atoms with E-state index >= 15 is 0 Å². The molecule has 0 radical (unpaired) electrons. The molecule has 3 saturated heterocycles. The zero-order valence-electron chi connectivity index (χ0n) is 16.6. The van der Waals surface area contributed by atoms with Gasteiger partial charge in [0.25, 0.3) is 5.91 Å². The summed E-state index contributed by atoms with van der Waals surface area (Å²) in [7, 11) is 0. The molecule has 0 bridgehead atoms. The van der Waals surface area contributed by atoms with Gasteiger partial charge in [-0.3, -0.25) is 9.59 Å². The fourth-order valence-electron chi connectivity index (χ4n) is 4.74. The van der Waals surface area contributed by atoms with Gasteiger partial charge in [0.15, 0.2) is 0 Å². The van der Waals surface area contributed by atoms with Gasteiger partial charge in [-0.1, -0.05) is 18.2 Å². The van der Waals surface area contributed by atoms with Crippen LogP contribution in [0.4, 0.5) is 0 Å². The summed E-state index contributed by atoms with van der Waals surface area (Å²) in [6.07, 6.45) is 3.72. The molecule has 5 rings (SSSR count). The highest BCUT2D eigenvalue weighted by Crippen LogP contribution is 2.36. The highest BCUT2D eigenvalue weighted by Gasteiger charge is 2.50. The number of benzene rings is 1. The second-order valence-electron chi connectivity index (χ2n) is 8.48. The Bertz CT molecular complexity index is 879. The Morgan fingerprint density at radius 1 is 1.17 bits per heavy atom. The molecular formula is C22H27N3O4. The SMILES string of the molecule is O=C(CO[C@H]1CCOC2(C1)CN(C(=O)c1cc3ccccc3[nH]1)C2)N1CCCC1. The summed E-state index contributed by atoms with van der Waals surface area (Å²) in [5.41, 5.74) is 1.25. The van der Waals surface area contributed by atoms with Crippen molar-refractivity contribution in [2.75, 3.05) is 39.4 Å². The van der Waals surface area contributed by atoms with E-state index in [1.54, 1.807) is 0 Å². The third-order valence-electron chi connectivity index (χ3n) is 6.35. The number of hydrogen-bond donors (Lipinski definition) is 1. The van der Waals surface area contributed by atoms with Crippen LogP contribution in [0.1, 0.15) is 36.2 Å². The predicted molar refractivity (Wildman–Crippen MR) is 108 cm³/mol. The number of aromatic nitrogens is 1. The lowest BCUT2D eigenvalue weighted by Gasteiger charge is -2.52. The van der Waals surface area contributed by atoms with Gasteiger partial charge in [-0.05, 0) is 31.4 Å². The summed E-state index contributed by atoms with van der Waals surface area (Å²) < 4.78 is 12.0. The third-order valence-corrected chi connectivity index (χ3v) is 6.35. The summed E-state index contributed by atoms with van der Waals surface area (Å²) in [5, 5.41) is 1.04. The number of fused-ring (bicyclic) bond motifs is 1. The van der Waals surface area contributed by atoms with E-state index in [1.165, 1.54) is 0 Å². The van der Waals surface area contributed by atoms with Crippen molar-refractivity contribution in [1.29, 1.82) is 0 Å². The number of hydrogen-bond acceptors (Lipinski definition) is 4. The highest BCUT2D eigenvalue weighted by atomic mass is 16.5. The fraction of sp³-hybridized carbons (Fsp3) is 0.545. The van der Waals surface area contributed by atoms with Crippen molar-refractivity contribution < 1.29 is 19.1 Å². The molecular weight excluding hydrogens is 370 g/mol.